The fourth-order valence-corrected chi connectivity index (χ4v) is 2.45. The molecule has 0 bridgehead atoms. The van der Waals surface area contributed by atoms with Gasteiger partial charge < -0.3 is 0 Å². The summed E-state index contributed by atoms with van der Waals surface area (Å²) in [6.45, 7) is 0. The average Bonchev–Trinajstić information content (AvgIpc) is 2.35. The van der Waals surface area contributed by atoms with Gasteiger partial charge in [0.25, 0.3) is 0 Å². The number of hydrogen-bond donors (Lipinski definition) is 0. The highest BCUT2D eigenvalue weighted by Gasteiger charge is 2.35. The Balaban J connectivity index is 2.76. The topological polar surface area (TPSA) is 0 Å². The molecule has 0 heterocycles. The molecule has 2 aromatic carbocycles. The third-order valence-electron chi connectivity index (χ3n) is 2.62. The van der Waals surface area contributed by atoms with Crippen molar-refractivity contribution in [1.82, 2.24) is 0 Å². The van der Waals surface area contributed by atoms with E-state index in [0.717, 1.165) is 12.1 Å². The standard InChI is InChI=1S/C13H5Cl3F4/c14-8-4-5-9(15)11(16)10(8)6-2-1-3-7(12(6)17)13(18,19)20/h1-5H. The summed E-state index contributed by atoms with van der Waals surface area (Å²) in [5.74, 6) is -1.44. The molecule has 0 aromatic heterocycles. The van der Waals surface area contributed by atoms with Crippen molar-refractivity contribution >= 4 is 34.8 Å². The van der Waals surface area contributed by atoms with Crippen molar-refractivity contribution in [2.45, 2.75) is 6.18 Å². The lowest BCUT2D eigenvalue weighted by Gasteiger charge is -2.14. The van der Waals surface area contributed by atoms with Gasteiger partial charge >= 0.3 is 6.18 Å². The zero-order valence-corrected chi connectivity index (χ0v) is 11.8. The highest BCUT2D eigenvalue weighted by atomic mass is 35.5. The van der Waals surface area contributed by atoms with Crippen LogP contribution in [-0.4, -0.2) is 0 Å². The van der Waals surface area contributed by atoms with Gasteiger partial charge in [0, 0.05) is 11.1 Å². The van der Waals surface area contributed by atoms with Crippen LogP contribution in [-0.2, 0) is 6.18 Å². The van der Waals surface area contributed by atoms with Crippen LogP contribution in [0.1, 0.15) is 5.56 Å². The van der Waals surface area contributed by atoms with E-state index in [1.54, 1.807) is 0 Å². The van der Waals surface area contributed by atoms with Crippen LogP contribution in [0.2, 0.25) is 15.1 Å². The Morgan fingerprint density at radius 1 is 0.850 bits per heavy atom. The molecule has 0 aliphatic carbocycles. The molecule has 0 nitrogen and oxygen atoms in total. The smallest absolute Gasteiger partial charge is 0.206 e. The first-order valence-corrected chi connectivity index (χ1v) is 6.36. The molecule has 0 saturated heterocycles. The molecule has 0 radical (unpaired) electrons. The molecule has 0 fully saturated rings. The Labute approximate surface area is 126 Å². The lowest BCUT2D eigenvalue weighted by Crippen LogP contribution is -2.08. The highest BCUT2D eigenvalue weighted by molar-refractivity contribution is 6.46. The average molecular weight is 344 g/mol. The second-order valence-electron chi connectivity index (χ2n) is 3.88. The quantitative estimate of drug-likeness (QED) is 0.411. The molecule has 0 aliphatic rings. The molecule has 2 rings (SSSR count). The first-order chi connectivity index (χ1) is 9.23. The van der Waals surface area contributed by atoms with Gasteiger partial charge in [-0.15, -0.1) is 0 Å². The summed E-state index contributed by atoms with van der Waals surface area (Å²) in [5, 5.41) is -0.0158. The summed E-state index contributed by atoms with van der Waals surface area (Å²) in [5.41, 5.74) is -1.80. The predicted octanol–water partition coefficient (Wildman–Crippen LogP) is 6.47. The third kappa shape index (κ3) is 2.73. The maximum absolute atomic E-state index is 14.1. The summed E-state index contributed by atoms with van der Waals surface area (Å²) >= 11 is 17.6. The Morgan fingerprint density at radius 3 is 2.05 bits per heavy atom. The summed E-state index contributed by atoms with van der Waals surface area (Å²) in [6.07, 6.45) is -4.81. The van der Waals surface area contributed by atoms with E-state index in [2.05, 4.69) is 0 Å². The third-order valence-corrected chi connectivity index (χ3v) is 3.74. The van der Waals surface area contributed by atoms with Gasteiger partial charge in [0.2, 0.25) is 0 Å². The molecule has 2 aromatic rings. The van der Waals surface area contributed by atoms with Crippen LogP contribution < -0.4 is 0 Å². The molecule has 7 heteroatoms. The number of benzene rings is 2. The molecule has 0 aliphatic heterocycles. The van der Waals surface area contributed by atoms with E-state index in [1.165, 1.54) is 12.1 Å². The van der Waals surface area contributed by atoms with Gasteiger partial charge in [-0.2, -0.15) is 13.2 Å². The number of hydrogen-bond acceptors (Lipinski definition) is 0. The SMILES string of the molecule is Fc1c(-c2c(Cl)ccc(Cl)c2Cl)cccc1C(F)(F)F. The molecule has 106 valence electrons. The van der Waals surface area contributed by atoms with Crippen LogP contribution in [0.3, 0.4) is 0 Å². The predicted molar refractivity (Wildman–Crippen MR) is 71.9 cm³/mol. The fraction of sp³-hybridized carbons (Fsp3) is 0.0769. The molecule has 0 amide bonds. The van der Waals surface area contributed by atoms with Gasteiger partial charge in [-0.05, 0) is 18.2 Å². The fourth-order valence-electron chi connectivity index (χ4n) is 1.72. The number of rotatable bonds is 1. The Morgan fingerprint density at radius 2 is 1.45 bits per heavy atom. The summed E-state index contributed by atoms with van der Waals surface area (Å²) < 4.78 is 52.1. The summed E-state index contributed by atoms with van der Waals surface area (Å²) in [7, 11) is 0. The van der Waals surface area contributed by atoms with Crippen molar-refractivity contribution in [3.63, 3.8) is 0 Å². The van der Waals surface area contributed by atoms with Crippen LogP contribution in [0.15, 0.2) is 30.3 Å². The minimum Gasteiger partial charge on any atom is -0.206 e. The minimum absolute atomic E-state index is 0.0117. The lowest BCUT2D eigenvalue weighted by molar-refractivity contribution is -0.139. The van der Waals surface area contributed by atoms with Crippen LogP contribution in [0.25, 0.3) is 11.1 Å². The maximum Gasteiger partial charge on any atom is 0.419 e. The normalized spacial score (nSPS) is 11.8. The van der Waals surface area contributed by atoms with Gasteiger partial charge in [0.05, 0.1) is 20.6 Å². The van der Waals surface area contributed by atoms with Crippen LogP contribution in [0.4, 0.5) is 17.6 Å². The van der Waals surface area contributed by atoms with E-state index in [-0.39, 0.29) is 26.2 Å². The van der Waals surface area contributed by atoms with E-state index in [0.29, 0.717) is 6.07 Å². The van der Waals surface area contributed by atoms with E-state index < -0.39 is 17.6 Å². The van der Waals surface area contributed by atoms with E-state index in [4.69, 9.17) is 34.8 Å². The molecule has 20 heavy (non-hydrogen) atoms. The van der Waals surface area contributed by atoms with Crippen molar-refractivity contribution in [1.29, 1.82) is 0 Å². The first-order valence-electron chi connectivity index (χ1n) is 5.23. The molecule has 0 unspecified atom stereocenters. The summed E-state index contributed by atoms with van der Waals surface area (Å²) in [4.78, 5) is 0. The summed E-state index contributed by atoms with van der Waals surface area (Å²) in [6, 6.07) is 5.60. The Bertz CT molecular complexity index is 665. The van der Waals surface area contributed by atoms with Crippen molar-refractivity contribution in [2.24, 2.45) is 0 Å². The van der Waals surface area contributed by atoms with Crippen molar-refractivity contribution in [3.05, 3.63) is 56.8 Å². The number of halogens is 7. The molecule has 0 N–H and O–H groups in total. The first kappa shape index (κ1) is 15.4. The molecule has 0 spiro atoms. The Kier molecular flexibility index (Phi) is 4.19. The zero-order chi connectivity index (χ0) is 15.1. The lowest BCUT2D eigenvalue weighted by atomic mass is 10.0. The largest absolute Gasteiger partial charge is 0.419 e. The highest BCUT2D eigenvalue weighted by Crippen LogP contribution is 2.42. The molecule has 0 atom stereocenters. The maximum atomic E-state index is 14.1. The van der Waals surface area contributed by atoms with Gasteiger partial charge in [0.1, 0.15) is 5.82 Å². The molecular formula is C13H5Cl3F4. The van der Waals surface area contributed by atoms with E-state index in [9.17, 15) is 17.6 Å². The Hall–Kier alpha value is -0.970. The second kappa shape index (κ2) is 5.43. The van der Waals surface area contributed by atoms with E-state index in [1.807, 2.05) is 0 Å². The van der Waals surface area contributed by atoms with Gasteiger partial charge in [-0.25, -0.2) is 4.39 Å². The molecule has 0 saturated carbocycles. The monoisotopic (exact) mass is 342 g/mol. The number of alkyl halides is 3. The van der Waals surface area contributed by atoms with E-state index >= 15 is 0 Å². The second-order valence-corrected chi connectivity index (χ2v) is 5.08. The zero-order valence-electron chi connectivity index (χ0n) is 9.53. The van der Waals surface area contributed by atoms with Gasteiger partial charge in [-0.1, -0.05) is 46.9 Å². The minimum atomic E-state index is -4.81. The van der Waals surface area contributed by atoms with Gasteiger partial charge in [0.15, 0.2) is 0 Å². The van der Waals surface area contributed by atoms with Crippen LogP contribution in [0, 0.1) is 5.82 Å². The van der Waals surface area contributed by atoms with Crippen molar-refractivity contribution in [2.75, 3.05) is 0 Å². The van der Waals surface area contributed by atoms with Crippen LogP contribution >= 0.6 is 34.8 Å². The molecular weight excluding hydrogens is 338 g/mol. The van der Waals surface area contributed by atoms with Gasteiger partial charge in [-0.3, -0.25) is 0 Å². The van der Waals surface area contributed by atoms with Crippen molar-refractivity contribution < 1.29 is 17.6 Å². The van der Waals surface area contributed by atoms with Crippen molar-refractivity contribution in [3.8, 4) is 11.1 Å². The van der Waals surface area contributed by atoms with Crippen LogP contribution in [0.5, 0.6) is 0 Å².